The maximum Gasteiger partial charge on any atom is 0.387 e. The normalized spacial score (nSPS) is 17.3. The maximum atomic E-state index is 13.5. The highest BCUT2D eigenvalue weighted by Crippen LogP contribution is 2.39. The Hall–Kier alpha value is -5.68. The molecule has 0 amide bonds. The quantitative estimate of drug-likeness (QED) is 0.143. The first-order valence-electron chi connectivity index (χ1n) is 17.7. The van der Waals surface area contributed by atoms with Crippen LogP contribution in [0.4, 0.5) is 8.78 Å². The zero-order valence-electron chi connectivity index (χ0n) is 29.9. The molecule has 1 atom stereocenters. The molecule has 0 bridgehead atoms. The van der Waals surface area contributed by atoms with Crippen LogP contribution in [0.2, 0.25) is 0 Å². The van der Waals surface area contributed by atoms with Gasteiger partial charge < -0.3 is 23.8 Å². The molecule has 0 radical (unpaired) electrons. The van der Waals surface area contributed by atoms with Gasteiger partial charge in [-0.2, -0.15) is 14.0 Å². The Morgan fingerprint density at radius 2 is 1.63 bits per heavy atom. The smallest absolute Gasteiger partial charge is 0.387 e. The third-order valence-electron chi connectivity index (χ3n) is 10.4. The summed E-state index contributed by atoms with van der Waals surface area (Å²) >= 11 is 0. The van der Waals surface area contributed by atoms with Crippen LogP contribution in [-0.2, 0) is 17.9 Å². The second-order valence-electron chi connectivity index (χ2n) is 14.5. The predicted molar refractivity (Wildman–Crippen MR) is 196 cm³/mol. The van der Waals surface area contributed by atoms with Crippen LogP contribution in [0.25, 0.3) is 56.2 Å². The number of carboxylic acids is 1. The fourth-order valence-corrected chi connectivity index (χ4v) is 7.94. The van der Waals surface area contributed by atoms with Gasteiger partial charge in [-0.15, -0.1) is 0 Å². The molecule has 2 aliphatic heterocycles. The Morgan fingerprint density at radius 3 is 2.26 bits per heavy atom. The largest absolute Gasteiger partial charge is 0.480 e. The Bertz CT molecular complexity index is 2480. The van der Waals surface area contributed by atoms with Crippen LogP contribution in [0.3, 0.4) is 0 Å². The topological polar surface area (TPSA) is 149 Å². The van der Waals surface area contributed by atoms with Crippen LogP contribution in [-0.4, -0.2) is 73.8 Å². The molecule has 4 heterocycles. The van der Waals surface area contributed by atoms with Crippen molar-refractivity contribution in [2.75, 3.05) is 19.6 Å². The van der Waals surface area contributed by atoms with Crippen LogP contribution in [0.15, 0.2) is 69.5 Å². The Morgan fingerprint density at radius 1 is 0.981 bits per heavy atom. The van der Waals surface area contributed by atoms with Crippen molar-refractivity contribution in [1.82, 2.24) is 19.8 Å². The van der Waals surface area contributed by atoms with E-state index in [2.05, 4.69) is 11.0 Å². The summed E-state index contributed by atoms with van der Waals surface area (Å²) in [5.41, 5.74) is 7.78. The number of carbonyl (C=O) groups is 1. The minimum absolute atomic E-state index is 0.0862. The maximum absolute atomic E-state index is 13.5. The molecule has 276 valence electrons. The van der Waals surface area contributed by atoms with Crippen molar-refractivity contribution in [2.45, 2.75) is 65.0 Å². The molecule has 0 aliphatic carbocycles. The van der Waals surface area contributed by atoms with Crippen LogP contribution in [0.1, 0.15) is 47.6 Å². The van der Waals surface area contributed by atoms with Gasteiger partial charge in [0.25, 0.3) is 0 Å². The van der Waals surface area contributed by atoms with Crippen molar-refractivity contribution < 1.29 is 37.4 Å². The highest BCUT2D eigenvalue weighted by molar-refractivity contribution is 5.86. The number of carboxylic acid groups (broad SMARTS) is 1. The number of alkyl halides is 2. The van der Waals surface area contributed by atoms with E-state index >= 15 is 0 Å². The van der Waals surface area contributed by atoms with Crippen molar-refractivity contribution in [3.8, 4) is 45.9 Å². The molecule has 2 saturated heterocycles. The van der Waals surface area contributed by atoms with Gasteiger partial charge in [0.2, 0.25) is 11.8 Å². The van der Waals surface area contributed by atoms with Gasteiger partial charge in [0.15, 0.2) is 11.2 Å². The first-order valence-corrected chi connectivity index (χ1v) is 17.7. The molecule has 54 heavy (non-hydrogen) atoms. The number of nitrogens with zero attached hydrogens (tertiary/aromatic N) is 5. The van der Waals surface area contributed by atoms with Gasteiger partial charge in [-0.1, -0.05) is 24.3 Å². The number of aliphatic carboxylic acids is 1. The number of hydrogen-bond acceptors (Lipinski definition) is 10. The first kappa shape index (κ1) is 35.4. The SMILES string of the molecule is Cc1c(-c2nc3cc(CN4CCC[C@H]4C(=O)O)c(OC(F)F)cc3o2)cccc1-c1cccc(-c2nc3cc(CN4CC(C)(O)C4)cc(C#N)c3o2)c1C. The lowest BCUT2D eigenvalue weighted by Gasteiger charge is -2.44. The minimum Gasteiger partial charge on any atom is -0.480 e. The second kappa shape index (κ2) is 13.6. The highest BCUT2D eigenvalue weighted by atomic mass is 19.3. The van der Waals surface area contributed by atoms with E-state index in [0.717, 1.165) is 33.4 Å². The molecule has 0 spiro atoms. The van der Waals surface area contributed by atoms with E-state index in [9.17, 15) is 29.1 Å². The standard InChI is InChI=1S/C41H37F2N5O6/c1-22-27(28-8-5-10-30(23(28)2)38-46-32-14-24(13-25(17-44)36(32)54-38)18-47-20-41(3,51)21-47)7-4-9-29(22)37-45-31-15-26(19-48-12-6-11-33(48)39(49)50)34(53-40(42)43)16-35(31)52-37/h4-5,7-10,13-16,33,40,51H,6,11-12,18-21H2,1-3H3,(H,49,50)/t33-/m0/s1. The third kappa shape index (κ3) is 6.57. The van der Waals surface area contributed by atoms with Gasteiger partial charge in [0.05, 0.1) is 11.2 Å². The summed E-state index contributed by atoms with van der Waals surface area (Å²) in [6.45, 7) is 5.02. The molecule has 8 rings (SSSR count). The zero-order valence-corrected chi connectivity index (χ0v) is 29.9. The Labute approximate surface area is 309 Å². The third-order valence-corrected chi connectivity index (χ3v) is 10.4. The van der Waals surface area contributed by atoms with E-state index in [1.165, 1.54) is 6.07 Å². The van der Waals surface area contributed by atoms with Crippen LogP contribution in [0, 0.1) is 25.2 Å². The monoisotopic (exact) mass is 733 g/mol. The number of likely N-dealkylation sites (tertiary alicyclic amines) is 2. The van der Waals surface area contributed by atoms with Gasteiger partial charge in [-0.3, -0.25) is 14.6 Å². The zero-order chi connectivity index (χ0) is 37.9. The summed E-state index contributed by atoms with van der Waals surface area (Å²) in [6, 6.07) is 19.9. The lowest BCUT2D eigenvalue weighted by Crippen LogP contribution is -2.59. The molecule has 2 fully saturated rings. The molecule has 13 heteroatoms. The van der Waals surface area contributed by atoms with Gasteiger partial charge in [0, 0.05) is 48.9 Å². The molecule has 2 aromatic heterocycles. The average molecular weight is 734 g/mol. The minimum atomic E-state index is -3.08. The van der Waals surface area contributed by atoms with Crippen molar-refractivity contribution in [3.63, 3.8) is 0 Å². The summed E-state index contributed by atoms with van der Waals surface area (Å²) < 4.78 is 44.2. The van der Waals surface area contributed by atoms with Gasteiger partial charge in [-0.05, 0) is 98.3 Å². The van der Waals surface area contributed by atoms with E-state index in [-0.39, 0.29) is 17.9 Å². The number of oxazole rings is 2. The van der Waals surface area contributed by atoms with E-state index in [1.54, 1.807) is 17.9 Å². The molecule has 0 unspecified atom stereocenters. The summed E-state index contributed by atoms with van der Waals surface area (Å²) in [5, 5.41) is 29.8. The molecule has 2 aliphatic rings. The molecule has 6 aromatic rings. The summed E-state index contributed by atoms with van der Waals surface area (Å²) in [4.78, 5) is 25.2. The summed E-state index contributed by atoms with van der Waals surface area (Å²) in [7, 11) is 0. The average Bonchev–Trinajstić information content (AvgIpc) is 3.86. The lowest BCUT2D eigenvalue weighted by atomic mass is 9.91. The lowest BCUT2D eigenvalue weighted by molar-refractivity contribution is -0.142. The number of aromatic nitrogens is 2. The van der Waals surface area contributed by atoms with Crippen molar-refractivity contribution in [1.29, 1.82) is 5.26 Å². The highest BCUT2D eigenvalue weighted by Gasteiger charge is 2.36. The number of ether oxygens (including phenoxy) is 1. The van der Waals surface area contributed by atoms with Crippen LogP contribution in [0.5, 0.6) is 5.75 Å². The Balaban J connectivity index is 1.12. The molecular weight excluding hydrogens is 696 g/mol. The number of fused-ring (bicyclic) bond motifs is 2. The fraction of sp³-hybridized carbons (Fsp3) is 0.317. The van der Waals surface area contributed by atoms with Crippen molar-refractivity contribution in [2.24, 2.45) is 0 Å². The summed E-state index contributed by atoms with van der Waals surface area (Å²) in [5.74, 6) is -0.352. The van der Waals surface area contributed by atoms with Gasteiger partial charge in [0.1, 0.15) is 28.9 Å². The Kier molecular flexibility index (Phi) is 8.92. The van der Waals surface area contributed by atoms with Crippen molar-refractivity contribution in [3.05, 3.63) is 88.5 Å². The van der Waals surface area contributed by atoms with Crippen molar-refractivity contribution >= 4 is 28.2 Å². The molecule has 0 saturated carbocycles. The fourth-order valence-electron chi connectivity index (χ4n) is 7.94. The molecule has 2 N–H and O–H groups in total. The number of halogens is 2. The number of benzene rings is 4. The van der Waals surface area contributed by atoms with Crippen LogP contribution < -0.4 is 4.74 Å². The van der Waals surface area contributed by atoms with Gasteiger partial charge in [-0.25, -0.2) is 9.97 Å². The molecule has 4 aromatic carbocycles. The molecule has 11 nitrogen and oxygen atoms in total. The van der Waals surface area contributed by atoms with Crippen LogP contribution >= 0.6 is 0 Å². The number of β-amino-alcohol motifs (C(OH)–C–C–N with tert-alkyl or cyclic N) is 1. The first-order chi connectivity index (χ1) is 25.9. The van der Waals surface area contributed by atoms with Gasteiger partial charge >= 0.3 is 12.6 Å². The van der Waals surface area contributed by atoms with E-state index in [4.69, 9.17) is 23.5 Å². The molecular formula is C41H37F2N5O6. The van der Waals surface area contributed by atoms with E-state index in [0.29, 0.717) is 84.1 Å². The number of rotatable bonds is 10. The second-order valence-corrected chi connectivity index (χ2v) is 14.5. The van der Waals surface area contributed by atoms with E-state index < -0.39 is 24.2 Å². The predicted octanol–water partition coefficient (Wildman–Crippen LogP) is 7.68. The van der Waals surface area contributed by atoms with E-state index in [1.807, 2.05) is 62.4 Å². The number of aliphatic hydroxyl groups is 1. The number of nitriles is 1. The summed E-state index contributed by atoms with van der Waals surface area (Å²) in [6.07, 6.45) is 1.18. The number of hydrogen-bond donors (Lipinski definition) is 2.